The first-order chi connectivity index (χ1) is 10.4. The van der Waals surface area contributed by atoms with Gasteiger partial charge >= 0.3 is 0 Å². The summed E-state index contributed by atoms with van der Waals surface area (Å²) in [6.45, 7) is 2.19. The first-order valence-electron chi connectivity index (χ1n) is 8.91. The van der Waals surface area contributed by atoms with Crippen LogP contribution in [0.1, 0.15) is 57.1 Å². The van der Waals surface area contributed by atoms with Crippen LogP contribution in [0.25, 0.3) is 0 Å². The number of hydrogen-bond donors (Lipinski definition) is 1. The van der Waals surface area contributed by atoms with Crippen molar-refractivity contribution in [3.63, 3.8) is 0 Å². The Bertz CT molecular complexity index is 440. The average molecular weight is 288 g/mol. The van der Waals surface area contributed by atoms with Crippen LogP contribution in [0.4, 0.5) is 0 Å². The minimum absolute atomic E-state index is 0.694. The van der Waals surface area contributed by atoms with Gasteiger partial charge in [-0.3, -0.25) is 4.90 Å². The van der Waals surface area contributed by atoms with Gasteiger partial charge < -0.3 is 9.73 Å². The Labute approximate surface area is 128 Å². The van der Waals surface area contributed by atoms with E-state index >= 15 is 0 Å². The van der Waals surface area contributed by atoms with Crippen molar-refractivity contribution in [2.24, 2.45) is 5.92 Å². The van der Waals surface area contributed by atoms with Gasteiger partial charge in [-0.25, -0.2) is 0 Å². The molecule has 116 valence electrons. The van der Waals surface area contributed by atoms with Crippen molar-refractivity contribution in [3.8, 4) is 0 Å². The number of fused-ring (bicyclic) bond motifs is 1. The Hall–Kier alpha value is -0.800. The highest BCUT2D eigenvalue weighted by atomic mass is 16.3. The van der Waals surface area contributed by atoms with E-state index in [9.17, 15) is 0 Å². The molecule has 0 radical (unpaired) electrons. The zero-order valence-electron chi connectivity index (χ0n) is 13.0. The van der Waals surface area contributed by atoms with Crippen molar-refractivity contribution in [1.82, 2.24) is 10.2 Å². The maximum Gasteiger partial charge on any atom is 0.117 e. The summed E-state index contributed by atoms with van der Waals surface area (Å²) in [7, 11) is 0. The smallest absolute Gasteiger partial charge is 0.117 e. The molecule has 3 heteroatoms. The summed E-state index contributed by atoms with van der Waals surface area (Å²) in [5.74, 6) is 2.09. The average Bonchev–Trinajstić information content (AvgIpc) is 3.24. The van der Waals surface area contributed by atoms with Crippen LogP contribution < -0.4 is 5.32 Å². The molecule has 1 N–H and O–H groups in total. The minimum Gasteiger partial charge on any atom is -0.468 e. The molecule has 3 unspecified atom stereocenters. The molecule has 21 heavy (non-hydrogen) atoms. The third kappa shape index (κ3) is 3.35. The van der Waals surface area contributed by atoms with Gasteiger partial charge in [-0.1, -0.05) is 12.8 Å². The number of hydrogen-bond acceptors (Lipinski definition) is 3. The highest BCUT2D eigenvalue weighted by Crippen LogP contribution is 2.34. The lowest BCUT2D eigenvalue weighted by Crippen LogP contribution is -2.53. The van der Waals surface area contributed by atoms with E-state index < -0.39 is 0 Å². The van der Waals surface area contributed by atoms with Crippen LogP contribution in [0.5, 0.6) is 0 Å². The lowest BCUT2D eigenvalue weighted by Gasteiger charge is -2.42. The largest absolute Gasteiger partial charge is 0.468 e. The normalized spacial score (nSPS) is 33.1. The number of furan rings is 1. The van der Waals surface area contributed by atoms with Gasteiger partial charge in [-0.05, 0) is 56.6 Å². The molecule has 0 amide bonds. The molecule has 3 fully saturated rings. The fourth-order valence-electron chi connectivity index (χ4n) is 4.39. The topological polar surface area (TPSA) is 28.4 Å². The molecule has 1 aromatic rings. The van der Waals surface area contributed by atoms with E-state index in [2.05, 4.69) is 16.3 Å². The zero-order chi connectivity index (χ0) is 14.1. The fourth-order valence-corrected chi connectivity index (χ4v) is 4.39. The highest BCUT2D eigenvalue weighted by molar-refractivity contribution is 5.01. The van der Waals surface area contributed by atoms with E-state index in [0.29, 0.717) is 6.04 Å². The Morgan fingerprint density at radius 2 is 2.00 bits per heavy atom. The standard InChI is InChI=1S/C18H28N2O/c1-2-6-18-14(4-1)7-8-15(19-18)12-20(16-9-10-16)13-17-5-3-11-21-17/h3,5,11,14-16,18-19H,1-2,4,6-10,12-13H2. The lowest BCUT2D eigenvalue weighted by molar-refractivity contribution is 0.133. The summed E-state index contributed by atoms with van der Waals surface area (Å²) in [4.78, 5) is 2.65. The summed E-state index contributed by atoms with van der Waals surface area (Å²) in [6.07, 6.45) is 13.1. The number of piperidine rings is 1. The zero-order valence-corrected chi connectivity index (χ0v) is 13.0. The first kappa shape index (κ1) is 13.8. The SMILES string of the molecule is c1coc(CN(CC2CCC3CCCCC3N2)C2CC2)c1. The molecular formula is C18H28N2O. The Morgan fingerprint density at radius 3 is 2.81 bits per heavy atom. The maximum absolute atomic E-state index is 5.55. The molecule has 0 aromatic carbocycles. The number of rotatable bonds is 5. The van der Waals surface area contributed by atoms with Gasteiger partial charge in [-0.2, -0.15) is 0 Å². The molecular weight excluding hydrogens is 260 g/mol. The Kier molecular flexibility index (Phi) is 4.04. The van der Waals surface area contributed by atoms with Crippen LogP contribution in [-0.4, -0.2) is 29.6 Å². The summed E-state index contributed by atoms with van der Waals surface area (Å²) in [5.41, 5.74) is 0. The molecule has 2 heterocycles. The molecule has 2 aliphatic carbocycles. The van der Waals surface area contributed by atoms with Crippen LogP contribution in [0.2, 0.25) is 0 Å². The lowest BCUT2D eigenvalue weighted by atomic mass is 9.77. The van der Waals surface area contributed by atoms with Crippen molar-refractivity contribution in [3.05, 3.63) is 24.2 Å². The quantitative estimate of drug-likeness (QED) is 0.898. The molecule has 0 bridgehead atoms. The van der Waals surface area contributed by atoms with Gasteiger partial charge in [0, 0.05) is 24.7 Å². The van der Waals surface area contributed by atoms with Gasteiger partial charge in [-0.15, -0.1) is 0 Å². The summed E-state index contributed by atoms with van der Waals surface area (Å²) in [6, 6.07) is 6.43. The molecule has 1 saturated heterocycles. The maximum atomic E-state index is 5.55. The molecule has 1 aromatic heterocycles. The van der Waals surface area contributed by atoms with Crippen molar-refractivity contribution < 1.29 is 4.42 Å². The van der Waals surface area contributed by atoms with Crippen LogP contribution in [0.3, 0.4) is 0 Å². The second-order valence-corrected chi connectivity index (χ2v) is 7.33. The summed E-state index contributed by atoms with van der Waals surface area (Å²) in [5, 5.41) is 3.98. The van der Waals surface area contributed by atoms with Crippen molar-refractivity contribution in [2.75, 3.05) is 6.54 Å². The summed E-state index contributed by atoms with van der Waals surface area (Å²) >= 11 is 0. The van der Waals surface area contributed by atoms with Crippen LogP contribution in [-0.2, 0) is 6.54 Å². The second-order valence-electron chi connectivity index (χ2n) is 7.33. The van der Waals surface area contributed by atoms with Gasteiger partial charge in [0.25, 0.3) is 0 Å². The van der Waals surface area contributed by atoms with E-state index in [0.717, 1.165) is 30.3 Å². The molecule has 4 rings (SSSR count). The van der Waals surface area contributed by atoms with Crippen LogP contribution in [0, 0.1) is 5.92 Å². The predicted molar refractivity (Wildman–Crippen MR) is 84.0 cm³/mol. The summed E-state index contributed by atoms with van der Waals surface area (Å²) < 4.78 is 5.55. The minimum atomic E-state index is 0.694. The van der Waals surface area contributed by atoms with E-state index in [4.69, 9.17) is 4.42 Å². The van der Waals surface area contributed by atoms with E-state index in [1.54, 1.807) is 6.26 Å². The van der Waals surface area contributed by atoms with Gasteiger partial charge in [0.15, 0.2) is 0 Å². The Balaban J connectivity index is 1.35. The van der Waals surface area contributed by atoms with Crippen molar-refractivity contribution in [2.45, 2.75) is 76.0 Å². The van der Waals surface area contributed by atoms with E-state index in [-0.39, 0.29) is 0 Å². The van der Waals surface area contributed by atoms with E-state index in [1.165, 1.54) is 57.9 Å². The molecule has 3 atom stereocenters. The van der Waals surface area contributed by atoms with Gasteiger partial charge in [0.05, 0.1) is 12.8 Å². The Morgan fingerprint density at radius 1 is 1.10 bits per heavy atom. The predicted octanol–water partition coefficient (Wildman–Crippen LogP) is 3.55. The third-order valence-corrected chi connectivity index (χ3v) is 5.70. The number of nitrogens with zero attached hydrogens (tertiary/aromatic N) is 1. The fraction of sp³-hybridized carbons (Fsp3) is 0.778. The van der Waals surface area contributed by atoms with Gasteiger partial charge in [0.1, 0.15) is 5.76 Å². The molecule has 3 nitrogen and oxygen atoms in total. The monoisotopic (exact) mass is 288 g/mol. The second kappa shape index (κ2) is 6.13. The van der Waals surface area contributed by atoms with Crippen molar-refractivity contribution in [1.29, 1.82) is 0 Å². The van der Waals surface area contributed by atoms with Gasteiger partial charge in [0.2, 0.25) is 0 Å². The first-order valence-corrected chi connectivity index (χ1v) is 8.91. The van der Waals surface area contributed by atoms with Crippen LogP contribution in [0.15, 0.2) is 22.8 Å². The molecule has 2 saturated carbocycles. The molecule has 1 aliphatic heterocycles. The van der Waals surface area contributed by atoms with E-state index in [1.807, 2.05) is 6.07 Å². The third-order valence-electron chi connectivity index (χ3n) is 5.70. The van der Waals surface area contributed by atoms with Crippen LogP contribution >= 0.6 is 0 Å². The highest BCUT2D eigenvalue weighted by Gasteiger charge is 2.35. The molecule has 3 aliphatic rings. The molecule has 0 spiro atoms. The van der Waals surface area contributed by atoms with Crippen molar-refractivity contribution >= 4 is 0 Å². The number of nitrogens with one attached hydrogen (secondary N) is 1.